The summed E-state index contributed by atoms with van der Waals surface area (Å²) in [6.07, 6.45) is 7.46. The number of anilines is 3. The molecular weight excluding hydrogens is 387 g/mol. The number of nitrogens with two attached hydrogens (primary N) is 2. The zero-order chi connectivity index (χ0) is 21.8. The SMILES string of the molecule is CC[C@@H](Nc1nc(Nc2cncc(-n3cc(C)cn3)c2)c(C(N)=O)cc1F)[C@H](C)N. The number of nitrogens with zero attached hydrogens (tertiary/aromatic N) is 4. The van der Waals surface area contributed by atoms with E-state index in [1.165, 1.54) is 0 Å². The third kappa shape index (κ3) is 4.71. The number of nitrogens with one attached hydrogen (secondary N) is 2. The second-order valence-corrected chi connectivity index (χ2v) is 7.12. The molecule has 0 aliphatic rings. The van der Waals surface area contributed by atoms with Crippen LogP contribution in [0.1, 0.15) is 36.2 Å². The molecule has 3 aromatic rings. The van der Waals surface area contributed by atoms with Gasteiger partial charge in [-0.2, -0.15) is 5.10 Å². The molecule has 0 spiro atoms. The number of hydrogen-bond acceptors (Lipinski definition) is 7. The van der Waals surface area contributed by atoms with E-state index in [2.05, 4.69) is 25.7 Å². The normalized spacial score (nSPS) is 13.0. The lowest BCUT2D eigenvalue weighted by Gasteiger charge is -2.22. The number of aromatic nitrogens is 4. The minimum Gasteiger partial charge on any atom is -0.365 e. The van der Waals surface area contributed by atoms with Gasteiger partial charge in [-0.15, -0.1) is 0 Å². The number of amides is 1. The fourth-order valence-corrected chi connectivity index (χ4v) is 2.97. The Hall–Kier alpha value is -3.53. The number of carbonyl (C=O) groups excluding carboxylic acids is 1. The fourth-order valence-electron chi connectivity index (χ4n) is 2.97. The van der Waals surface area contributed by atoms with Crippen molar-refractivity contribution >= 4 is 23.2 Å². The number of rotatable bonds is 8. The van der Waals surface area contributed by atoms with Crippen LogP contribution in [0.3, 0.4) is 0 Å². The van der Waals surface area contributed by atoms with Crippen molar-refractivity contribution in [2.75, 3.05) is 10.6 Å². The summed E-state index contributed by atoms with van der Waals surface area (Å²) in [5.74, 6) is -1.39. The average molecular weight is 412 g/mol. The zero-order valence-corrected chi connectivity index (χ0v) is 17.1. The Bertz CT molecular complexity index is 1050. The van der Waals surface area contributed by atoms with Gasteiger partial charge in [0.25, 0.3) is 5.91 Å². The lowest BCUT2D eigenvalue weighted by molar-refractivity contribution is 0.100. The Balaban J connectivity index is 1.96. The molecule has 0 aliphatic carbocycles. The molecule has 0 aromatic carbocycles. The second kappa shape index (κ2) is 8.87. The van der Waals surface area contributed by atoms with Crippen LogP contribution < -0.4 is 22.1 Å². The van der Waals surface area contributed by atoms with Gasteiger partial charge in [-0.3, -0.25) is 9.78 Å². The van der Waals surface area contributed by atoms with Crippen LogP contribution in [0.5, 0.6) is 0 Å². The lowest BCUT2D eigenvalue weighted by atomic mass is 10.1. The van der Waals surface area contributed by atoms with E-state index < -0.39 is 11.7 Å². The van der Waals surface area contributed by atoms with Crippen molar-refractivity contribution in [3.05, 3.63) is 53.9 Å². The smallest absolute Gasteiger partial charge is 0.252 e. The van der Waals surface area contributed by atoms with Gasteiger partial charge in [0.15, 0.2) is 11.6 Å². The highest BCUT2D eigenvalue weighted by Crippen LogP contribution is 2.25. The predicted octanol–water partition coefficient (Wildman–Crippen LogP) is 2.49. The molecule has 6 N–H and O–H groups in total. The monoisotopic (exact) mass is 412 g/mol. The van der Waals surface area contributed by atoms with Gasteiger partial charge < -0.3 is 22.1 Å². The van der Waals surface area contributed by atoms with Crippen molar-refractivity contribution in [2.45, 2.75) is 39.3 Å². The van der Waals surface area contributed by atoms with Crippen LogP contribution in [0.15, 0.2) is 36.9 Å². The summed E-state index contributed by atoms with van der Waals surface area (Å²) in [6, 6.07) is 2.43. The molecule has 1 amide bonds. The van der Waals surface area contributed by atoms with Crippen LogP contribution in [0.25, 0.3) is 5.69 Å². The molecule has 9 nitrogen and oxygen atoms in total. The van der Waals surface area contributed by atoms with E-state index in [4.69, 9.17) is 11.5 Å². The van der Waals surface area contributed by atoms with Crippen molar-refractivity contribution < 1.29 is 9.18 Å². The van der Waals surface area contributed by atoms with Crippen molar-refractivity contribution in [3.8, 4) is 5.69 Å². The number of carbonyl (C=O) groups is 1. The highest BCUT2D eigenvalue weighted by molar-refractivity contribution is 5.98. The van der Waals surface area contributed by atoms with Crippen LogP contribution in [0.4, 0.5) is 21.7 Å². The third-order valence-corrected chi connectivity index (χ3v) is 4.60. The van der Waals surface area contributed by atoms with Gasteiger partial charge in [0.1, 0.15) is 5.82 Å². The lowest BCUT2D eigenvalue weighted by Crippen LogP contribution is -2.38. The number of aryl methyl sites for hydroxylation is 1. The molecular formula is C20H25FN8O. The van der Waals surface area contributed by atoms with Crippen molar-refractivity contribution in [1.82, 2.24) is 19.7 Å². The zero-order valence-electron chi connectivity index (χ0n) is 17.1. The van der Waals surface area contributed by atoms with Crippen LogP contribution in [-0.4, -0.2) is 37.7 Å². The summed E-state index contributed by atoms with van der Waals surface area (Å²) in [5.41, 5.74) is 13.5. The van der Waals surface area contributed by atoms with Crippen molar-refractivity contribution in [1.29, 1.82) is 0 Å². The molecule has 0 fully saturated rings. The molecule has 30 heavy (non-hydrogen) atoms. The molecule has 3 heterocycles. The van der Waals surface area contributed by atoms with Crippen LogP contribution in [0, 0.1) is 12.7 Å². The Morgan fingerprint density at radius 3 is 2.63 bits per heavy atom. The Morgan fingerprint density at radius 2 is 2.03 bits per heavy atom. The topological polar surface area (TPSA) is 137 Å². The average Bonchev–Trinajstić information content (AvgIpc) is 3.14. The maximum Gasteiger partial charge on any atom is 0.252 e. The largest absolute Gasteiger partial charge is 0.365 e. The van der Waals surface area contributed by atoms with E-state index in [0.29, 0.717) is 17.8 Å². The van der Waals surface area contributed by atoms with E-state index in [-0.39, 0.29) is 29.3 Å². The predicted molar refractivity (Wildman–Crippen MR) is 113 cm³/mol. The summed E-state index contributed by atoms with van der Waals surface area (Å²) in [5, 5.41) is 10.3. The van der Waals surface area contributed by atoms with Gasteiger partial charge in [-0.1, -0.05) is 6.92 Å². The Morgan fingerprint density at radius 1 is 1.27 bits per heavy atom. The summed E-state index contributed by atoms with van der Waals surface area (Å²) < 4.78 is 16.2. The molecule has 158 valence electrons. The van der Waals surface area contributed by atoms with Gasteiger partial charge in [-0.05, 0) is 38.0 Å². The van der Waals surface area contributed by atoms with Gasteiger partial charge in [0.2, 0.25) is 0 Å². The molecule has 0 saturated heterocycles. The van der Waals surface area contributed by atoms with Gasteiger partial charge in [0, 0.05) is 18.3 Å². The summed E-state index contributed by atoms with van der Waals surface area (Å²) in [7, 11) is 0. The van der Waals surface area contributed by atoms with E-state index in [0.717, 1.165) is 11.6 Å². The van der Waals surface area contributed by atoms with Crippen LogP contribution >= 0.6 is 0 Å². The first kappa shape index (κ1) is 21.2. The molecule has 3 aromatic heterocycles. The molecule has 0 saturated carbocycles. The Kier molecular flexibility index (Phi) is 6.26. The number of primary amides is 1. The summed E-state index contributed by atoms with van der Waals surface area (Å²) in [6.45, 7) is 5.69. The maximum absolute atomic E-state index is 14.6. The first-order chi connectivity index (χ1) is 14.3. The Labute approximate surface area is 173 Å². The highest BCUT2D eigenvalue weighted by atomic mass is 19.1. The maximum atomic E-state index is 14.6. The molecule has 3 rings (SSSR count). The quantitative estimate of drug-likeness (QED) is 0.446. The standard InChI is InChI=1S/C20H25FN8O/c1-4-17(12(3)22)27-20-16(21)6-15(18(23)30)19(28-20)26-13-5-14(9-24-8-13)29-10-11(2)7-25-29/h5-10,12,17H,4,22H2,1-3H3,(H2,23,30)(H2,26,27,28)/t12-,17+/m0/s1. The minimum absolute atomic E-state index is 0.0153. The van der Waals surface area contributed by atoms with Gasteiger partial charge >= 0.3 is 0 Å². The first-order valence-corrected chi connectivity index (χ1v) is 9.54. The van der Waals surface area contributed by atoms with Crippen LogP contribution in [0.2, 0.25) is 0 Å². The summed E-state index contributed by atoms with van der Waals surface area (Å²) in [4.78, 5) is 20.3. The van der Waals surface area contributed by atoms with Gasteiger partial charge in [-0.25, -0.2) is 14.1 Å². The molecule has 0 bridgehead atoms. The number of pyridine rings is 2. The highest BCUT2D eigenvalue weighted by Gasteiger charge is 2.19. The van der Waals surface area contributed by atoms with Crippen LogP contribution in [-0.2, 0) is 0 Å². The minimum atomic E-state index is -0.804. The number of halogens is 1. The molecule has 0 radical (unpaired) electrons. The third-order valence-electron chi connectivity index (χ3n) is 4.60. The molecule has 10 heteroatoms. The molecule has 2 atom stereocenters. The molecule has 0 aliphatic heterocycles. The van der Waals surface area contributed by atoms with E-state index >= 15 is 0 Å². The van der Waals surface area contributed by atoms with Crippen molar-refractivity contribution in [2.24, 2.45) is 11.5 Å². The van der Waals surface area contributed by atoms with E-state index in [9.17, 15) is 9.18 Å². The summed E-state index contributed by atoms with van der Waals surface area (Å²) >= 11 is 0. The first-order valence-electron chi connectivity index (χ1n) is 9.54. The van der Waals surface area contributed by atoms with E-state index in [1.54, 1.807) is 29.3 Å². The fraction of sp³-hybridized carbons (Fsp3) is 0.300. The molecule has 0 unspecified atom stereocenters. The second-order valence-electron chi connectivity index (χ2n) is 7.12. The van der Waals surface area contributed by atoms with Gasteiger partial charge in [0.05, 0.1) is 35.5 Å². The number of hydrogen-bond donors (Lipinski definition) is 4. The van der Waals surface area contributed by atoms with E-state index in [1.807, 2.05) is 27.0 Å². The van der Waals surface area contributed by atoms with Crippen molar-refractivity contribution in [3.63, 3.8) is 0 Å².